The van der Waals surface area contributed by atoms with Crippen molar-refractivity contribution in [3.05, 3.63) is 40.9 Å². The Hall–Kier alpha value is -2.36. The summed E-state index contributed by atoms with van der Waals surface area (Å²) in [6.45, 7) is 9.89. The number of nitrogens with zero attached hydrogens (tertiary/aromatic N) is 4. The van der Waals surface area contributed by atoms with Gasteiger partial charge in [0.25, 0.3) is 5.56 Å². The molecule has 0 radical (unpaired) electrons. The number of rotatable bonds is 7. The van der Waals surface area contributed by atoms with E-state index in [4.69, 9.17) is 9.31 Å². The number of pyridine rings is 2. The smallest absolute Gasteiger partial charge is 0.399 e. The van der Waals surface area contributed by atoms with Gasteiger partial charge in [0.15, 0.2) is 0 Å². The summed E-state index contributed by atoms with van der Waals surface area (Å²) in [5.74, 6) is 0.605. The van der Waals surface area contributed by atoms with E-state index >= 15 is 0 Å². The second kappa shape index (κ2) is 8.65. The average Bonchev–Trinajstić information content (AvgIpc) is 2.91. The van der Waals surface area contributed by atoms with Gasteiger partial charge in [-0.25, -0.2) is 4.98 Å². The fourth-order valence-corrected chi connectivity index (χ4v) is 3.24. The van der Waals surface area contributed by atoms with Gasteiger partial charge in [0.05, 0.1) is 23.1 Å². The summed E-state index contributed by atoms with van der Waals surface area (Å²) in [5.41, 5.74) is 1.19. The molecule has 0 spiro atoms. The zero-order valence-corrected chi connectivity index (χ0v) is 19.9. The first-order chi connectivity index (χ1) is 14.4. The van der Waals surface area contributed by atoms with Gasteiger partial charge in [-0.05, 0) is 60.0 Å². The van der Waals surface area contributed by atoms with Crippen molar-refractivity contribution >= 4 is 29.8 Å². The van der Waals surface area contributed by atoms with E-state index < -0.39 is 18.3 Å². The molecule has 9 heteroatoms. The van der Waals surface area contributed by atoms with Crippen LogP contribution in [0.15, 0.2) is 35.4 Å². The van der Waals surface area contributed by atoms with Gasteiger partial charge >= 0.3 is 7.12 Å². The van der Waals surface area contributed by atoms with Crippen LogP contribution < -0.4 is 21.2 Å². The van der Waals surface area contributed by atoms with Crippen molar-refractivity contribution in [2.24, 2.45) is 7.05 Å². The van der Waals surface area contributed by atoms with Crippen LogP contribution in [0, 0.1) is 0 Å². The summed E-state index contributed by atoms with van der Waals surface area (Å²) < 4.78 is 13.8. The molecule has 1 aliphatic rings. The fourth-order valence-electron chi connectivity index (χ4n) is 3.24. The van der Waals surface area contributed by atoms with Crippen LogP contribution in [0.5, 0.6) is 0 Å². The van der Waals surface area contributed by atoms with Crippen LogP contribution >= 0.6 is 0 Å². The molecule has 0 amide bonds. The van der Waals surface area contributed by atoms with Crippen molar-refractivity contribution in [1.82, 2.24) is 14.5 Å². The van der Waals surface area contributed by atoms with Crippen LogP contribution in [0.4, 0.5) is 17.2 Å². The number of aromatic nitrogens is 2. The Balaban J connectivity index is 1.79. The second-order valence-electron chi connectivity index (χ2n) is 9.44. The van der Waals surface area contributed by atoms with Crippen molar-refractivity contribution in [2.45, 2.75) is 38.9 Å². The molecule has 31 heavy (non-hydrogen) atoms. The maximum atomic E-state index is 12.7. The maximum absolute atomic E-state index is 12.7. The minimum absolute atomic E-state index is 0.144. The number of anilines is 3. The number of nitrogens with one attached hydrogen (secondary N) is 1. The average molecular weight is 427 g/mol. The molecule has 1 N–H and O–H groups in total. The van der Waals surface area contributed by atoms with E-state index in [9.17, 15) is 4.79 Å². The molecule has 0 unspecified atom stereocenters. The van der Waals surface area contributed by atoms with Gasteiger partial charge in [0.1, 0.15) is 11.5 Å². The fraction of sp³-hybridized carbons (Fsp3) is 0.545. The lowest BCUT2D eigenvalue weighted by Gasteiger charge is -2.32. The predicted molar refractivity (Wildman–Crippen MR) is 127 cm³/mol. The lowest BCUT2D eigenvalue weighted by atomic mass is 9.80. The lowest BCUT2D eigenvalue weighted by Crippen LogP contribution is -2.41. The third-order valence-electron chi connectivity index (χ3n) is 6.06. The quantitative estimate of drug-likeness (QED) is 0.676. The molecule has 3 heterocycles. The molecular weight excluding hydrogens is 393 g/mol. The van der Waals surface area contributed by atoms with Gasteiger partial charge in [0.2, 0.25) is 0 Å². The van der Waals surface area contributed by atoms with Crippen LogP contribution in [0.1, 0.15) is 27.7 Å². The zero-order valence-electron chi connectivity index (χ0n) is 19.9. The maximum Gasteiger partial charge on any atom is 0.496 e. The first kappa shape index (κ1) is 23.3. The van der Waals surface area contributed by atoms with E-state index in [2.05, 4.69) is 34.2 Å². The standard InChI is InChI=1S/C22H34BN5O3/c1-21(2)22(3,4)31-23(30-21)16-13-18(20(29)28(8)15-16)25-19-10-9-17(14-24-19)27(7)12-11-26(5)6/h9-10,13-15H,11-12H2,1-8H3,(H,24,25). The van der Waals surface area contributed by atoms with Crippen molar-refractivity contribution in [3.63, 3.8) is 0 Å². The minimum Gasteiger partial charge on any atom is -0.399 e. The molecule has 1 fully saturated rings. The summed E-state index contributed by atoms with van der Waals surface area (Å²) in [4.78, 5) is 21.5. The molecular formula is C22H34BN5O3. The highest BCUT2D eigenvalue weighted by molar-refractivity contribution is 6.62. The molecule has 0 atom stereocenters. The summed E-state index contributed by atoms with van der Waals surface area (Å²) in [6.07, 6.45) is 3.56. The van der Waals surface area contributed by atoms with E-state index in [1.165, 1.54) is 4.57 Å². The molecule has 168 valence electrons. The van der Waals surface area contributed by atoms with Crippen LogP contribution in [-0.4, -0.2) is 67.0 Å². The highest BCUT2D eigenvalue weighted by Gasteiger charge is 2.51. The largest absolute Gasteiger partial charge is 0.496 e. The molecule has 3 rings (SSSR count). The molecule has 1 aliphatic heterocycles. The first-order valence-corrected chi connectivity index (χ1v) is 10.5. The number of likely N-dealkylation sites (N-methyl/N-ethyl adjacent to an activating group) is 2. The van der Waals surface area contributed by atoms with E-state index in [1.54, 1.807) is 25.5 Å². The van der Waals surface area contributed by atoms with E-state index in [0.717, 1.165) is 24.2 Å². The SMILES string of the molecule is CN(C)CCN(C)c1ccc(Nc2cc(B3OC(C)(C)C(C)(C)O3)cn(C)c2=O)nc1. The highest BCUT2D eigenvalue weighted by atomic mass is 16.7. The molecule has 0 aliphatic carbocycles. The Labute approximate surface area is 185 Å². The van der Waals surface area contributed by atoms with Gasteiger partial charge in [-0.3, -0.25) is 4.79 Å². The first-order valence-electron chi connectivity index (χ1n) is 10.5. The zero-order chi connectivity index (χ0) is 23.0. The lowest BCUT2D eigenvalue weighted by molar-refractivity contribution is 0.00578. The summed E-state index contributed by atoms with van der Waals surface area (Å²) in [5, 5.41) is 3.15. The Morgan fingerprint density at radius 1 is 1.10 bits per heavy atom. The van der Waals surface area contributed by atoms with Gasteiger partial charge in [-0.1, -0.05) is 0 Å². The van der Waals surface area contributed by atoms with Crippen molar-refractivity contribution in [1.29, 1.82) is 0 Å². The Bertz CT molecular complexity index is 956. The number of hydrogen-bond donors (Lipinski definition) is 1. The second-order valence-corrected chi connectivity index (χ2v) is 9.44. The van der Waals surface area contributed by atoms with Gasteiger partial charge in [-0.2, -0.15) is 0 Å². The van der Waals surface area contributed by atoms with E-state index in [1.807, 2.05) is 46.9 Å². The third-order valence-corrected chi connectivity index (χ3v) is 6.06. The van der Waals surface area contributed by atoms with Crippen LogP contribution in [0.2, 0.25) is 0 Å². The molecule has 2 aromatic rings. The van der Waals surface area contributed by atoms with Gasteiger partial charge in [0, 0.05) is 38.8 Å². The van der Waals surface area contributed by atoms with Gasteiger partial charge < -0.3 is 29.0 Å². The molecule has 0 bridgehead atoms. The van der Waals surface area contributed by atoms with Crippen LogP contribution in [0.3, 0.4) is 0 Å². The number of hydrogen-bond acceptors (Lipinski definition) is 7. The van der Waals surface area contributed by atoms with Crippen molar-refractivity contribution < 1.29 is 9.31 Å². The number of aryl methyl sites for hydroxylation is 1. The Morgan fingerprint density at radius 3 is 2.29 bits per heavy atom. The molecule has 0 aromatic carbocycles. The highest BCUT2D eigenvalue weighted by Crippen LogP contribution is 2.36. The third kappa shape index (κ3) is 5.11. The summed E-state index contributed by atoms with van der Waals surface area (Å²) in [6, 6.07) is 5.65. The topological polar surface area (TPSA) is 71.9 Å². The van der Waals surface area contributed by atoms with E-state index in [-0.39, 0.29) is 5.56 Å². The van der Waals surface area contributed by atoms with E-state index in [0.29, 0.717) is 11.5 Å². The monoisotopic (exact) mass is 427 g/mol. The predicted octanol–water partition coefficient (Wildman–Crippen LogP) is 1.82. The van der Waals surface area contributed by atoms with Crippen LogP contribution in [0.25, 0.3) is 0 Å². The minimum atomic E-state index is -0.543. The van der Waals surface area contributed by atoms with Crippen molar-refractivity contribution in [3.8, 4) is 0 Å². The van der Waals surface area contributed by atoms with Gasteiger partial charge in [-0.15, -0.1) is 0 Å². The molecule has 8 nitrogen and oxygen atoms in total. The molecule has 2 aromatic heterocycles. The Morgan fingerprint density at radius 2 is 1.74 bits per heavy atom. The molecule has 0 saturated carbocycles. The normalized spacial score (nSPS) is 17.3. The molecule has 1 saturated heterocycles. The van der Waals surface area contributed by atoms with Crippen molar-refractivity contribution in [2.75, 3.05) is 44.4 Å². The van der Waals surface area contributed by atoms with Crippen LogP contribution in [-0.2, 0) is 16.4 Å². The Kier molecular flexibility index (Phi) is 6.50. The summed E-state index contributed by atoms with van der Waals surface area (Å²) in [7, 11) is 7.32. The summed E-state index contributed by atoms with van der Waals surface area (Å²) >= 11 is 0.